The van der Waals surface area contributed by atoms with Gasteiger partial charge in [0.15, 0.2) is 0 Å². The smallest absolute Gasteiger partial charge is 0.329 e. The van der Waals surface area contributed by atoms with Gasteiger partial charge >= 0.3 is 5.97 Å². The van der Waals surface area contributed by atoms with Crippen molar-refractivity contribution in [2.75, 3.05) is 24.6 Å². The van der Waals surface area contributed by atoms with E-state index in [4.69, 9.17) is 14.8 Å². The second-order valence-corrected chi connectivity index (χ2v) is 7.32. The molecule has 1 aliphatic heterocycles. The number of benzene rings is 2. The molecular formula is C23H21F2N3O3. The number of rotatable bonds is 6. The number of anilines is 1. The number of ether oxygens (including phenoxy) is 1. The summed E-state index contributed by atoms with van der Waals surface area (Å²) >= 11 is 0. The van der Waals surface area contributed by atoms with Crippen LogP contribution < -0.4 is 4.90 Å². The molecule has 0 bridgehead atoms. The average Bonchev–Trinajstić information content (AvgIpc) is 2.78. The van der Waals surface area contributed by atoms with Crippen molar-refractivity contribution in [2.45, 2.75) is 18.4 Å². The molecule has 160 valence electrons. The Hall–Kier alpha value is -3.39. The SMILES string of the molecule is O=C(O)COC1CCN(c2cnc(-c3ccccc3)c(-c3ccccc3)n2)CC1(F)F. The zero-order chi connectivity index (χ0) is 21.8. The lowest BCUT2D eigenvalue weighted by Crippen LogP contribution is -2.53. The number of carbonyl (C=O) groups is 1. The van der Waals surface area contributed by atoms with Crippen LogP contribution in [-0.4, -0.2) is 52.8 Å². The van der Waals surface area contributed by atoms with Crippen molar-refractivity contribution >= 4 is 11.8 Å². The van der Waals surface area contributed by atoms with E-state index in [0.29, 0.717) is 17.2 Å². The number of carboxylic acids is 1. The molecule has 1 saturated heterocycles. The number of alkyl halides is 2. The summed E-state index contributed by atoms with van der Waals surface area (Å²) < 4.78 is 34.1. The summed E-state index contributed by atoms with van der Waals surface area (Å²) in [6.07, 6.45) is 0.0526. The topological polar surface area (TPSA) is 75.6 Å². The summed E-state index contributed by atoms with van der Waals surface area (Å²) in [4.78, 5) is 21.4. The number of hydrogen-bond donors (Lipinski definition) is 1. The highest BCUT2D eigenvalue weighted by Gasteiger charge is 2.46. The molecule has 0 saturated carbocycles. The van der Waals surface area contributed by atoms with E-state index in [2.05, 4.69) is 4.98 Å². The first-order valence-corrected chi connectivity index (χ1v) is 9.88. The number of piperidine rings is 1. The summed E-state index contributed by atoms with van der Waals surface area (Å²) in [5.41, 5.74) is 2.99. The third-order valence-electron chi connectivity index (χ3n) is 5.12. The molecule has 1 aliphatic rings. The summed E-state index contributed by atoms with van der Waals surface area (Å²) in [6.45, 7) is -1.11. The summed E-state index contributed by atoms with van der Waals surface area (Å²) in [6, 6.07) is 19.0. The second kappa shape index (κ2) is 8.77. The van der Waals surface area contributed by atoms with Gasteiger partial charge in [0.05, 0.1) is 24.1 Å². The van der Waals surface area contributed by atoms with E-state index in [0.717, 1.165) is 11.1 Å². The van der Waals surface area contributed by atoms with Crippen molar-refractivity contribution in [3.63, 3.8) is 0 Å². The minimum atomic E-state index is -3.21. The van der Waals surface area contributed by atoms with Crippen LogP contribution in [0.1, 0.15) is 6.42 Å². The molecule has 8 heteroatoms. The summed E-state index contributed by atoms with van der Waals surface area (Å²) in [5.74, 6) is -4.14. The van der Waals surface area contributed by atoms with Crippen LogP contribution in [0.4, 0.5) is 14.6 Å². The van der Waals surface area contributed by atoms with Crippen molar-refractivity contribution < 1.29 is 23.4 Å². The molecule has 1 unspecified atom stereocenters. The van der Waals surface area contributed by atoms with Gasteiger partial charge in [-0.2, -0.15) is 0 Å². The summed E-state index contributed by atoms with van der Waals surface area (Å²) in [7, 11) is 0. The fourth-order valence-corrected chi connectivity index (χ4v) is 3.63. The fourth-order valence-electron chi connectivity index (χ4n) is 3.63. The highest BCUT2D eigenvalue weighted by atomic mass is 19.3. The molecule has 1 N–H and O–H groups in total. The molecular weight excluding hydrogens is 404 g/mol. The van der Waals surface area contributed by atoms with Gasteiger partial charge in [0.1, 0.15) is 18.5 Å². The Morgan fingerprint density at radius 1 is 1.06 bits per heavy atom. The Morgan fingerprint density at radius 2 is 1.68 bits per heavy atom. The highest BCUT2D eigenvalue weighted by Crippen LogP contribution is 2.34. The molecule has 1 atom stereocenters. The lowest BCUT2D eigenvalue weighted by Gasteiger charge is -2.38. The van der Waals surface area contributed by atoms with Gasteiger partial charge < -0.3 is 14.7 Å². The predicted molar refractivity (Wildman–Crippen MR) is 112 cm³/mol. The van der Waals surface area contributed by atoms with Crippen molar-refractivity contribution in [3.05, 3.63) is 66.9 Å². The Bertz CT molecular complexity index is 1050. The maximum absolute atomic E-state index is 14.6. The van der Waals surface area contributed by atoms with Gasteiger partial charge in [0.25, 0.3) is 5.92 Å². The number of halogens is 2. The van der Waals surface area contributed by atoms with E-state index in [1.807, 2.05) is 60.7 Å². The standard InChI is InChI=1S/C23H21F2N3O3/c24-23(25)15-28(12-11-18(23)31-14-20(29)30)19-13-26-21(16-7-3-1-4-8-16)22(27-19)17-9-5-2-6-10-17/h1-10,13,18H,11-12,14-15H2,(H,29,30). The second-order valence-electron chi connectivity index (χ2n) is 7.32. The highest BCUT2D eigenvalue weighted by molar-refractivity contribution is 5.78. The van der Waals surface area contributed by atoms with Crippen LogP contribution in [0.2, 0.25) is 0 Å². The zero-order valence-corrected chi connectivity index (χ0v) is 16.6. The van der Waals surface area contributed by atoms with Gasteiger partial charge in [-0.3, -0.25) is 4.98 Å². The third-order valence-corrected chi connectivity index (χ3v) is 5.12. The first kappa shape index (κ1) is 20.9. The molecule has 0 spiro atoms. The van der Waals surface area contributed by atoms with Crippen LogP contribution in [0.5, 0.6) is 0 Å². The fraction of sp³-hybridized carbons (Fsp3) is 0.261. The first-order chi connectivity index (χ1) is 14.9. The van der Waals surface area contributed by atoms with Crippen LogP contribution in [0.25, 0.3) is 22.5 Å². The molecule has 2 heterocycles. The van der Waals surface area contributed by atoms with Gasteiger partial charge in [0, 0.05) is 17.7 Å². The minimum Gasteiger partial charge on any atom is -0.480 e. The van der Waals surface area contributed by atoms with Crippen molar-refractivity contribution in [1.29, 1.82) is 0 Å². The van der Waals surface area contributed by atoms with Gasteiger partial charge in [-0.15, -0.1) is 0 Å². The maximum atomic E-state index is 14.6. The number of nitrogens with zero attached hydrogens (tertiary/aromatic N) is 3. The monoisotopic (exact) mass is 425 g/mol. The molecule has 4 rings (SSSR count). The lowest BCUT2D eigenvalue weighted by atomic mass is 10.0. The molecule has 6 nitrogen and oxygen atoms in total. The van der Waals surface area contributed by atoms with Crippen LogP contribution in [0.3, 0.4) is 0 Å². The van der Waals surface area contributed by atoms with Gasteiger partial charge in [0.2, 0.25) is 0 Å². The molecule has 2 aromatic carbocycles. The Labute approximate surface area is 178 Å². The van der Waals surface area contributed by atoms with E-state index in [1.54, 1.807) is 0 Å². The van der Waals surface area contributed by atoms with Crippen LogP contribution in [0, 0.1) is 0 Å². The largest absolute Gasteiger partial charge is 0.480 e. The molecule has 0 aliphatic carbocycles. The third kappa shape index (κ3) is 4.69. The Balaban J connectivity index is 1.65. The van der Waals surface area contributed by atoms with E-state index in [1.165, 1.54) is 11.1 Å². The van der Waals surface area contributed by atoms with Crippen molar-refractivity contribution in [3.8, 4) is 22.5 Å². The van der Waals surface area contributed by atoms with Crippen molar-refractivity contribution in [2.24, 2.45) is 0 Å². The van der Waals surface area contributed by atoms with Crippen LogP contribution in [-0.2, 0) is 9.53 Å². The number of aliphatic carboxylic acids is 1. The van der Waals surface area contributed by atoms with Crippen molar-refractivity contribution in [1.82, 2.24) is 9.97 Å². The van der Waals surface area contributed by atoms with Crippen LogP contribution >= 0.6 is 0 Å². The lowest BCUT2D eigenvalue weighted by molar-refractivity contribution is -0.164. The Kier molecular flexibility index (Phi) is 5.90. The number of carboxylic acid groups (broad SMARTS) is 1. The molecule has 0 radical (unpaired) electrons. The zero-order valence-electron chi connectivity index (χ0n) is 16.6. The molecule has 0 amide bonds. The van der Waals surface area contributed by atoms with E-state index >= 15 is 0 Å². The van der Waals surface area contributed by atoms with Gasteiger partial charge in [-0.1, -0.05) is 60.7 Å². The Morgan fingerprint density at radius 3 is 2.26 bits per heavy atom. The quantitative estimate of drug-likeness (QED) is 0.640. The molecule has 31 heavy (non-hydrogen) atoms. The maximum Gasteiger partial charge on any atom is 0.329 e. The molecule has 1 fully saturated rings. The minimum absolute atomic E-state index is 0.0108. The van der Waals surface area contributed by atoms with E-state index in [9.17, 15) is 13.6 Å². The van der Waals surface area contributed by atoms with Crippen LogP contribution in [0.15, 0.2) is 66.9 Å². The molecule has 3 aromatic rings. The van der Waals surface area contributed by atoms with Gasteiger partial charge in [-0.05, 0) is 6.42 Å². The number of hydrogen-bond acceptors (Lipinski definition) is 5. The first-order valence-electron chi connectivity index (χ1n) is 9.88. The van der Waals surface area contributed by atoms with E-state index in [-0.39, 0.29) is 13.0 Å². The predicted octanol–water partition coefficient (Wildman–Crippen LogP) is 4.13. The van der Waals surface area contributed by atoms with E-state index < -0.39 is 31.1 Å². The van der Waals surface area contributed by atoms with Gasteiger partial charge in [-0.25, -0.2) is 18.6 Å². The summed E-state index contributed by atoms with van der Waals surface area (Å²) in [5, 5.41) is 8.70. The molecule has 1 aromatic heterocycles. The number of aromatic nitrogens is 2. The normalized spacial score (nSPS) is 18.0. The average molecular weight is 425 g/mol.